The summed E-state index contributed by atoms with van der Waals surface area (Å²) in [7, 11) is 0. The molecule has 0 amide bonds. The van der Waals surface area contributed by atoms with Crippen molar-refractivity contribution in [2.75, 3.05) is 0 Å². The van der Waals surface area contributed by atoms with Gasteiger partial charge in [-0.25, -0.2) is 4.79 Å². The van der Waals surface area contributed by atoms with Crippen molar-refractivity contribution in [2.24, 2.45) is 0 Å². The van der Waals surface area contributed by atoms with E-state index in [1.165, 1.54) is 0 Å². The SMILES string of the molecule is CCc1c(Br)cccc1C(C(=C=O)C#N)c1cccc2ccccc12. The molecule has 1 atom stereocenters. The average Bonchev–Trinajstić information content (AvgIpc) is 2.65. The van der Waals surface area contributed by atoms with Gasteiger partial charge in [-0.15, -0.1) is 0 Å². The van der Waals surface area contributed by atoms with Crippen molar-refractivity contribution >= 4 is 32.6 Å². The summed E-state index contributed by atoms with van der Waals surface area (Å²) in [5, 5.41) is 11.7. The molecule has 0 aliphatic carbocycles. The molecule has 3 aromatic rings. The summed E-state index contributed by atoms with van der Waals surface area (Å²) in [5.74, 6) is 1.44. The van der Waals surface area contributed by atoms with E-state index < -0.39 is 5.92 Å². The third-order valence-corrected chi connectivity index (χ3v) is 5.22. The van der Waals surface area contributed by atoms with Gasteiger partial charge in [-0.05, 0) is 39.9 Å². The highest BCUT2D eigenvalue weighted by Crippen LogP contribution is 2.38. The summed E-state index contributed by atoms with van der Waals surface area (Å²) in [6.07, 6.45) is 0.801. The monoisotopic (exact) mass is 389 g/mol. The normalized spacial score (nSPS) is 11.6. The second-order valence-corrected chi connectivity index (χ2v) is 6.64. The van der Waals surface area contributed by atoms with Crippen LogP contribution in [0.2, 0.25) is 0 Å². The van der Waals surface area contributed by atoms with E-state index in [0.717, 1.165) is 38.4 Å². The second kappa shape index (κ2) is 7.49. The highest BCUT2D eigenvalue weighted by atomic mass is 79.9. The molecule has 2 nitrogen and oxygen atoms in total. The van der Waals surface area contributed by atoms with Crippen molar-refractivity contribution in [3.8, 4) is 6.07 Å². The summed E-state index contributed by atoms with van der Waals surface area (Å²) < 4.78 is 0.987. The van der Waals surface area contributed by atoms with E-state index in [2.05, 4.69) is 28.9 Å². The first-order valence-corrected chi connectivity index (χ1v) is 8.90. The summed E-state index contributed by atoms with van der Waals surface area (Å²) in [5.41, 5.74) is 3.12. The van der Waals surface area contributed by atoms with Crippen molar-refractivity contribution < 1.29 is 4.79 Å². The van der Waals surface area contributed by atoms with Gasteiger partial charge in [-0.3, -0.25) is 0 Å². The minimum atomic E-state index is -0.430. The molecule has 0 radical (unpaired) electrons. The molecule has 0 saturated heterocycles. The number of carbonyl (C=O) groups excluding carboxylic acids is 1. The first kappa shape index (κ1) is 17.2. The number of rotatable bonds is 4. The number of nitrogens with zero attached hydrogens (tertiary/aromatic N) is 1. The molecule has 25 heavy (non-hydrogen) atoms. The minimum absolute atomic E-state index is 0.101. The summed E-state index contributed by atoms with van der Waals surface area (Å²) >= 11 is 3.60. The molecule has 0 N–H and O–H groups in total. The predicted octanol–water partition coefficient (Wildman–Crippen LogP) is 5.58. The Morgan fingerprint density at radius 3 is 2.44 bits per heavy atom. The molecule has 0 aliphatic heterocycles. The topological polar surface area (TPSA) is 40.9 Å². The van der Waals surface area contributed by atoms with E-state index in [-0.39, 0.29) is 5.57 Å². The van der Waals surface area contributed by atoms with Crippen LogP contribution in [0, 0.1) is 11.3 Å². The fourth-order valence-electron chi connectivity index (χ4n) is 3.35. The lowest BCUT2D eigenvalue weighted by molar-refractivity contribution is 0.566. The molecule has 0 heterocycles. The highest BCUT2D eigenvalue weighted by molar-refractivity contribution is 9.10. The molecule has 0 bridgehead atoms. The smallest absolute Gasteiger partial charge is 0.140 e. The Bertz CT molecular complexity index is 1020. The van der Waals surface area contributed by atoms with Crippen LogP contribution in [0.3, 0.4) is 0 Å². The zero-order chi connectivity index (χ0) is 17.8. The maximum absolute atomic E-state index is 11.5. The fraction of sp³-hybridized carbons (Fsp3) is 0.136. The Morgan fingerprint density at radius 2 is 1.72 bits per heavy atom. The standard InChI is InChI=1S/C22H16BrNO/c1-2-17-19(11-6-12-21(17)23)22(16(13-24)14-25)20-10-5-8-15-7-3-4-9-18(15)20/h3-12,22H,2H2,1H3. The van der Waals surface area contributed by atoms with Crippen LogP contribution in [0.1, 0.15) is 29.5 Å². The number of fused-ring (bicyclic) bond motifs is 1. The molecule has 3 heteroatoms. The first-order chi connectivity index (χ1) is 12.2. The van der Waals surface area contributed by atoms with E-state index in [4.69, 9.17) is 0 Å². The molecule has 0 aliphatic rings. The first-order valence-electron chi connectivity index (χ1n) is 8.11. The number of benzene rings is 3. The molecule has 3 aromatic carbocycles. The van der Waals surface area contributed by atoms with Gasteiger partial charge in [0.05, 0.1) is 5.92 Å². The van der Waals surface area contributed by atoms with Crippen LogP contribution in [0.15, 0.2) is 70.7 Å². The number of halogens is 1. The molecule has 0 fully saturated rings. The Morgan fingerprint density at radius 1 is 1.04 bits per heavy atom. The van der Waals surface area contributed by atoms with E-state index in [1.54, 1.807) is 0 Å². The third kappa shape index (κ3) is 3.15. The van der Waals surface area contributed by atoms with Gasteiger partial charge in [-0.2, -0.15) is 5.26 Å². The van der Waals surface area contributed by atoms with E-state index in [0.29, 0.717) is 0 Å². The summed E-state index contributed by atoms with van der Waals surface area (Å²) in [6.45, 7) is 2.07. The lowest BCUT2D eigenvalue weighted by Crippen LogP contribution is -2.08. The number of nitriles is 1. The van der Waals surface area contributed by atoms with Gasteiger partial charge in [0.1, 0.15) is 17.6 Å². The van der Waals surface area contributed by atoms with Crippen LogP contribution in [-0.2, 0) is 11.2 Å². The Labute approximate surface area is 155 Å². The van der Waals surface area contributed by atoms with Crippen LogP contribution < -0.4 is 0 Å². The van der Waals surface area contributed by atoms with Crippen molar-refractivity contribution in [1.82, 2.24) is 0 Å². The average molecular weight is 390 g/mol. The fourth-order valence-corrected chi connectivity index (χ4v) is 4.01. The van der Waals surface area contributed by atoms with Gasteiger partial charge in [0.2, 0.25) is 0 Å². The largest absolute Gasteiger partial charge is 0.232 e. The number of allylic oxidation sites excluding steroid dienone is 1. The zero-order valence-electron chi connectivity index (χ0n) is 13.8. The number of hydrogen-bond donors (Lipinski definition) is 0. The molecule has 122 valence electrons. The van der Waals surface area contributed by atoms with Crippen molar-refractivity contribution in [1.29, 1.82) is 5.26 Å². The Kier molecular flexibility index (Phi) is 5.14. The molecule has 0 aromatic heterocycles. The third-order valence-electron chi connectivity index (χ3n) is 4.47. The van der Waals surface area contributed by atoms with E-state index >= 15 is 0 Å². The maximum atomic E-state index is 11.5. The van der Waals surface area contributed by atoms with Gasteiger partial charge in [0, 0.05) is 4.47 Å². The zero-order valence-corrected chi connectivity index (χ0v) is 15.4. The summed E-state index contributed by atoms with van der Waals surface area (Å²) in [6, 6.07) is 22.0. The lowest BCUT2D eigenvalue weighted by atomic mass is 9.81. The lowest BCUT2D eigenvalue weighted by Gasteiger charge is -2.21. The molecule has 1 unspecified atom stereocenters. The quantitative estimate of drug-likeness (QED) is 0.431. The number of hydrogen-bond acceptors (Lipinski definition) is 2. The van der Waals surface area contributed by atoms with Crippen molar-refractivity contribution in [3.05, 3.63) is 87.4 Å². The maximum Gasteiger partial charge on any atom is 0.140 e. The van der Waals surface area contributed by atoms with Crippen LogP contribution in [0.4, 0.5) is 0 Å². The molecule has 3 rings (SSSR count). The molecule has 0 saturated carbocycles. The van der Waals surface area contributed by atoms with Crippen molar-refractivity contribution in [3.63, 3.8) is 0 Å². The predicted molar refractivity (Wildman–Crippen MR) is 104 cm³/mol. The molecular formula is C22H16BrNO. The van der Waals surface area contributed by atoms with Crippen LogP contribution in [-0.4, -0.2) is 5.94 Å². The van der Waals surface area contributed by atoms with E-state index in [9.17, 15) is 10.1 Å². The Balaban J connectivity index is 2.37. The highest BCUT2D eigenvalue weighted by Gasteiger charge is 2.25. The van der Waals surface area contributed by atoms with Crippen LogP contribution >= 0.6 is 15.9 Å². The van der Waals surface area contributed by atoms with Gasteiger partial charge < -0.3 is 0 Å². The molecular weight excluding hydrogens is 374 g/mol. The van der Waals surface area contributed by atoms with Gasteiger partial charge in [-0.1, -0.05) is 77.5 Å². The van der Waals surface area contributed by atoms with Crippen LogP contribution in [0.25, 0.3) is 10.8 Å². The van der Waals surface area contributed by atoms with E-state index in [1.807, 2.05) is 66.6 Å². The van der Waals surface area contributed by atoms with Crippen LogP contribution in [0.5, 0.6) is 0 Å². The van der Waals surface area contributed by atoms with Crippen molar-refractivity contribution in [2.45, 2.75) is 19.3 Å². The second-order valence-electron chi connectivity index (χ2n) is 5.79. The van der Waals surface area contributed by atoms with Gasteiger partial charge in [0.25, 0.3) is 0 Å². The minimum Gasteiger partial charge on any atom is -0.232 e. The molecule has 0 spiro atoms. The summed E-state index contributed by atoms with van der Waals surface area (Å²) in [4.78, 5) is 11.5. The van der Waals surface area contributed by atoms with Gasteiger partial charge in [0.15, 0.2) is 0 Å². The van der Waals surface area contributed by atoms with Gasteiger partial charge >= 0.3 is 0 Å². The Hall–Kier alpha value is -2.66.